The Labute approximate surface area is 193 Å². The summed E-state index contributed by atoms with van der Waals surface area (Å²) < 4.78 is 5.84. The number of ether oxygens (including phenoxy) is 1. The van der Waals surface area contributed by atoms with Crippen LogP contribution in [0.4, 0.5) is 17.2 Å². The third-order valence-corrected chi connectivity index (χ3v) is 6.35. The Balaban J connectivity index is 0.00000119. The van der Waals surface area contributed by atoms with Crippen LogP contribution in [0.1, 0.15) is 57.0 Å². The maximum absolute atomic E-state index is 12.2. The Morgan fingerprint density at radius 2 is 1.97 bits per heavy atom. The van der Waals surface area contributed by atoms with Gasteiger partial charge in [0.25, 0.3) is 0 Å². The second-order valence-electron chi connectivity index (χ2n) is 7.93. The number of nitrogens with one attached hydrogen (secondary N) is 3. The van der Waals surface area contributed by atoms with E-state index in [0.29, 0.717) is 11.5 Å². The molecule has 3 N–H and O–H groups in total. The number of carbonyl (C=O) groups excluding carboxylic acids is 1. The number of pyridine rings is 1. The molecule has 0 spiro atoms. The lowest BCUT2D eigenvalue weighted by molar-refractivity contribution is -0.117. The molecule has 7 nitrogen and oxygen atoms in total. The fourth-order valence-corrected chi connectivity index (χ4v) is 4.43. The summed E-state index contributed by atoms with van der Waals surface area (Å²) in [5.74, 6) is 1.46. The molecular weight excluding hydrogens is 422 g/mol. The minimum atomic E-state index is 0.0331. The maximum atomic E-state index is 12.2. The average molecular weight is 454 g/mol. The lowest BCUT2D eigenvalue weighted by Gasteiger charge is -2.16. The van der Waals surface area contributed by atoms with E-state index in [2.05, 4.69) is 50.0 Å². The number of imidazole rings is 1. The van der Waals surface area contributed by atoms with Gasteiger partial charge in [0.15, 0.2) is 5.65 Å². The van der Waals surface area contributed by atoms with E-state index in [9.17, 15) is 4.79 Å². The van der Waals surface area contributed by atoms with E-state index in [-0.39, 0.29) is 17.9 Å². The molecule has 1 aromatic carbocycles. The molecular formula is C24H31N5O2S. The van der Waals surface area contributed by atoms with Gasteiger partial charge in [-0.15, -0.1) is 11.8 Å². The van der Waals surface area contributed by atoms with Gasteiger partial charge in [-0.25, -0.2) is 9.97 Å². The highest BCUT2D eigenvalue weighted by molar-refractivity contribution is 7.98. The number of aromatic nitrogens is 3. The molecule has 1 aliphatic heterocycles. The summed E-state index contributed by atoms with van der Waals surface area (Å²) >= 11 is 1.70. The maximum Gasteiger partial charge on any atom is 0.228 e. The number of fused-ring (bicyclic) bond motifs is 1. The fourth-order valence-electron chi connectivity index (χ4n) is 3.84. The molecule has 2 aliphatic rings. The molecule has 3 heterocycles. The van der Waals surface area contributed by atoms with Crippen molar-refractivity contribution in [2.75, 3.05) is 23.5 Å². The van der Waals surface area contributed by atoms with Crippen LogP contribution >= 0.6 is 11.8 Å². The van der Waals surface area contributed by atoms with Gasteiger partial charge in [-0.1, -0.05) is 19.9 Å². The molecule has 170 valence electrons. The highest BCUT2D eigenvalue weighted by Gasteiger charge is 2.30. The molecule has 2 fully saturated rings. The van der Waals surface area contributed by atoms with Gasteiger partial charge < -0.3 is 20.4 Å². The zero-order chi connectivity index (χ0) is 22.7. The standard InChI is InChI=1S/C22H25N5O2S.C2H6/c1-12-23-20-16(11-19(26-21(20)24-12)27-22(28)13-5-6-13)25-15-8-7-14(10-18(15)30-2)17-4-3-9-29-17;1-2/h7-8,10-11,13,17H,3-6,9H2,1-2H3,(H3,23,24,25,26,27,28);1-2H3. The molecule has 1 aliphatic carbocycles. The molecule has 1 saturated carbocycles. The Hall–Kier alpha value is -2.58. The van der Waals surface area contributed by atoms with Gasteiger partial charge in [-0.2, -0.15) is 0 Å². The van der Waals surface area contributed by atoms with Gasteiger partial charge in [-0.05, 0) is 56.6 Å². The zero-order valence-electron chi connectivity index (χ0n) is 19.1. The number of anilines is 3. The SMILES string of the molecule is CC.CSc1cc(C2CCCO2)ccc1Nc1cc(NC(=O)C2CC2)nc2nc(C)[nH]c12. The number of thioether (sulfide) groups is 1. The third-order valence-electron chi connectivity index (χ3n) is 5.58. The Morgan fingerprint density at radius 1 is 1.16 bits per heavy atom. The molecule has 32 heavy (non-hydrogen) atoms. The molecule has 1 unspecified atom stereocenters. The van der Waals surface area contributed by atoms with E-state index in [1.54, 1.807) is 11.8 Å². The van der Waals surface area contributed by atoms with E-state index >= 15 is 0 Å². The summed E-state index contributed by atoms with van der Waals surface area (Å²) in [5.41, 5.74) is 4.48. The van der Waals surface area contributed by atoms with Crippen LogP contribution in [-0.2, 0) is 9.53 Å². The highest BCUT2D eigenvalue weighted by atomic mass is 32.2. The monoisotopic (exact) mass is 453 g/mol. The topological polar surface area (TPSA) is 91.9 Å². The lowest BCUT2D eigenvalue weighted by atomic mass is 10.1. The van der Waals surface area contributed by atoms with Gasteiger partial charge in [0, 0.05) is 23.5 Å². The van der Waals surface area contributed by atoms with Crippen LogP contribution in [0.3, 0.4) is 0 Å². The number of H-pyrrole nitrogens is 1. The van der Waals surface area contributed by atoms with Crippen molar-refractivity contribution in [3.8, 4) is 0 Å². The minimum absolute atomic E-state index is 0.0331. The fraction of sp³-hybridized carbons (Fsp3) is 0.458. The molecule has 2 aromatic heterocycles. The van der Waals surface area contributed by atoms with E-state index in [1.807, 2.05) is 26.8 Å². The average Bonchev–Trinajstić information content (AvgIpc) is 3.38. The Bertz CT molecular complexity index is 1100. The Morgan fingerprint density at radius 3 is 2.66 bits per heavy atom. The third kappa shape index (κ3) is 4.91. The first-order valence-corrected chi connectivity index (χ1v) is 12.6. The predicted octanol–water partition coefficient (Wildman–Crippen LogP) is 5.96. The number of rotatable bonds is 6. The van der Waals surface area contributed by atoms with Crippen molar-refractivity contribution in [2.24, 2.45) is 5.92 Å². The molecule has 3 aromatic rings. The van der Waals surface area contributed by atoms with Gasteiger partial charge in [0.1, 0.15) is 17.2 Å². The quantitative estimate of drug-likeness (QED) is 0.399. The molecule has 0 bridgehead atoms. The molecule has 1 saturated heterocycles. The molecule has 8 heteroatoms. The normalized spacial score (nSPS) is 17.7. The largest absolute Gasteiger partial charge is 0.374 e. The number of aryl methyl sites for hydroxylation is 1. The smallest absolute Gasteiger partial charge is 0.228 e. The van der Waals surface area contributed by atoms with E-state index in [4.69, 9.17) is 4.74 Å². The van der Waals surface area contributed by atoms with Crippen molar-refractivity contribution in [3.05, 3.63) is 35.7 Å². The molecule has 5 rings (SSSR count). The van der Waals surface area contributed by atoms with Gasteiger partial charge >= 0.3 is 0 Å². The second kappa shape index (κ2) is 9.92. The van der Waals surface area contributed by atoms with Crippen molar-refractivity contribution in [1.82, 2.24) is 15.0 Å². The van der Waals surface area contributed by atoms with Crippen LogP contribution < -0.4 is 10.6 Å². The first kappa shape index (κ1) is 22.6. The van der Waals surface area contributed by atoms with Gasteiger partial charge in [0.2, 0.25) is 5.91 Å². The van der Waals surface area contributed by atoms with Gasteiger partial charge in [-0.3, -0.25) is 4.79 Å². The summed E-state index contributed by atoms with van der Waals surface area (Å²) in [6.45, 7) is 6.74. The number of hydrogen-bond donors (Lipinski definition) is 3. The van der Waals surface area contributed by atoms with Crippen LogP contribution in [0, 0.1) is 12.8 Å². The van der Waals surface area contributed by atoms with Crippen LogP contribution in [0.5, 0.6) is 0 Å². The van der Waals surface area contributed by atoms with Crippen LogP contribution in [-0.4, -0.2) is 33.7 Å². The summed E-state index contributed by atoms with van der Waals surface area (Å²) in [5, 5.41) is 6.47. The Kier molecular flexibility index (Phi) is 7.01. The number of carbonyl (C=O) groups is 1. The van der Waals surface area contributed by atoms with Crippen molar-refractivity contribution < 1.29 is 9.53 Å². The summed E-state index contributed by atoms with van der Waals surface area (Å²) in [6.07, 6.45) is 6.36. The number of nitrogens with zero attached hydrogens (tertiary/aromatic N) is 2. The summed E-state index contributed by atoms with van der Waals surface area (Å²) in [4.78, 5) is 25.7. The van der Waals surface area contributed by atoms with E-state index in [0.717, 1.165) is 59.9 Å². The zero-order valence-corrected chi connectivity index (χ0v) is 19.9. The van der Waals surface area contributed by atoms with Crippen molar-refractivity contribution in [2.45, 2.75) is 57.5 Å². The first-order chi connectivity index (χ1) is 15.6. The van der Waals surface area contributed by atoms with Crippen LogP contribution in [0.2, 0.25) is 0 Å². The minimum Gasteiger partial charge on any atom is -0.374 e. The summed E-state index contributed by atoms with van der Waals surface area (Å²) in [7, 11) is 0. The number of benzene rings is 1. The van der Waals surface area contributed by atoms with Crippen LogP contribution in [0.15, 0.2) is 29.2 Å². The number of amides is 1. The number of aromatic amines is 1. The summed E-state index contributed by atoms with van der Waals surface area (Å²) in [6, 6.07) is 8.30. The molecule has 1 atom stereocenters. The predicted molar refractivity (Wildman–Crippen MR) is 131 cm³/mol. The van der Waals surface area contributed by atoms with E-state index in [1.165, 1.54) is 5.56 Å². The number of hydrogen-bond acceptors (Lipinski definition) is 6. The van der Waals surface area contributed by atoms with Crippen LogP contribution in [0.25, 0.3) is 11.2 Å². The van der Waals surface area contributed by atoms with E-state index < -0.39 is 0 Å². The lowest BCUT2D eigenvalue weighted by Crippen LogP contribution is -2.14. The van der Waals surface area contributed by atoms with Crippen molar-refractivity contribution in [3.63, 3.8) is 0 Å². The van der Waals surface area contributed by atoms with Crippen molar-refractivity contribution >= 4 is 46.0 Å². The second-order valence-corrected chi connectivity index (χ2v) is 8.77. The first-order valence-electron chi connectivity index (χ1n) is 11.4. The molecule has 1 amide bonds. The molecule has 0 radical (unpaired) electrons. The highest BCUT2D eigenvalue weighted by Crippen LogP contribution is 2.37. The van der Waals surface area contributed by atoms with Crippen molar-refractivity contribution in [1.29, 1.82) is 0 Å². The van der Waals surface area contributed by atoms with Gasteiger partial charge in [0.05, 0.1) is 17.5 Å².